The summed E-state index contributed by atoms with van der Waals surface area (Å²) >= 11 is 0. The highest BCUT2D eigenvalue weighted by Crippen LogP contribution is 2.35. The minimum atomic E-state index is -0.257. The maximum Gasteiger partial charge on any atom is 0.135 e. The number of H-pyrrole nitrogens is 1. The summed E-state index contributed by atoms with van der Waals surface area (Å²) in [7, 11) is 0. The quantitative estimate of drug-likeness (QED) is 0.447. The Labute approximate surface area is 189 Å². The fourth-order valence-corrected chi connectivity index (χ4v) is 4.21. The number of fused-ring (bicyclic) bond motifs is 2. The molecule has 6 rings (SSSR count). The number of amidine groups is 1. The molecular formula is C24H21N9. The van der Waals surface area contributed by atoms with E-state index in [-0.39, 0.29) is 6.04 Å². The summed E-state index contributed by atoms with van der Waals surface area (Å²) in [5.74, 6) is 1.48. The second-order valence-electron chi connectivity index (χ2n) is 7.91. The molecule has 0 saturated carbocycles. The number of imidazole rings is 1. The van der Waals surface area contributed by atoms with Gasteiger partial charge in [-0.15, -0.1) is 5.10 Å². The highest BCUT2D eigenvalue weighted by atomic mass is 15.5. The molecule has 1 aliphatic heterocycles. The van der Waals surface area contributed by atoms with Crippen LogP contribution in [0.3, 0.4) is 0 Å². The molecule has 1 aliphatic rings. The molecule has 0 amide bonds. The summed E-state index contributed by atoms with van der Waals surface area (Å²) in [6.45, 7) is 6.58. The zero-order valence-electron chi connectivity index (χ0n) is 18.0. The third-order valence-electron chi connectivity index (χ3n) is 5.75. The first-order valence-electron chi connectivity index (χ1n) is 10.6. The van der Waals surface area contributed by atoms with Crippen molar-refractivity contribution in [2.75, 3.05) is 4.90 Å². The van der Waals surface area contributed by atoms with Crippen LogP contribution in [0.1, 0.15) is 17.4 Å². The molecule has 1 atom stereocenters. The van der Waals surface area contributed by atoms with Crippen molar-refractivity contribution in [1.29, 1.82) is 0 Å². The first-order valence-corrected chi connectivity index (χ1v) is 10.6. The minimum Gasteiger partial charge on any atom is -0.345 e. The van der Waals surface area contributed by atoms with E-state index in [1.807, 2.05) is 61.5 Å². The zero-order valence-corrected chi connectivity index (χ0v) is 18.0. The van der Waals surface area contributed by atoms with E-state index in [1.165, 1.54) is 0 Å². The van der Waals surface area contributed by atoms with Crippen LogP contribution in [0.4, 0.5) is 5.69 Å². The number of aliphatic imine (C=N–C) groups is 1. The Morgan fingerprint density at radius 1 is 1.06 bits per heavy atom. The van der Waals surface area contributed by atoms with Gasteiger partial charge in [0.25, 0.3) is 0 Å². The van der Waals surface area contributed by atoms with Crippen LogP contribution in [0.5, 0.6) is 0 Å². The van der Waals surface area contributed by atoms with Crippen molar-refractivity contribution in [3.8, 4) is 0 Å². The second-order valence-corrected chi connectivity index (χ2v) is 7.91. The number of para-hydroxylation sites is 1. The average Bonchev–Trinajstić information content (AvgIpc) is 3.54. The van der Waals surface area contributed by atoms with Gasteiger partial charge in [-0.3, -0.25) is 4.98 Å². The lowest BCUT2D eigenvalue weighted by molar-refractivity contribution is 0.625. The Morgan fingerprint density at radius 3 is 2.88 bits per heavy atom. The SMILES string of the molecule is C=C1NC(=NCn2nnc3ccccc32)C(c2cccc(C)n2)N1c1ccc2nc[nH]c2c1. The molecule has 0 spiro atoms. The van der Waals surface area contributed by atoms with E-state index in [0.717, 1.165) is 50.8 Å². The minimum absolute atomic E-state index is 0.257. The molecular weight excluding hydrogens is 414 g/mol. The molecule has 9 nitrogen and oxygen atoms in total. The van der Waals surface area contributed by atoms with Crippen molar-refractivity contribution in [3.05, 3.63) is 90.8 Å². The van der Waals surface area contributed by atoms with Crippen molar-refractivity contribution >= 4 is 33.6 Å². The van der Waals surface area contributed by atoms with Crippen LogP contribution in [0.2, 0.25) is 0 Å². The molecule has 2 N–H and O–H groups in total. The van der Waals surface area contributed by atoms with Crippen LogP contribution in [-0.4, -0.2) is 35.8 Å². The van der Waals surface area contributed by atoms with E-state index < -0.39 is 0 Å². The largest absolute Gasteiger partial charge is 0.345 e. The van der Waals surface area contributed by atoms with Crippen molar-refractivity contribution in [2.24, 2.45) is 4.99 Å². The number of anilines is 1. The van der Waals surface area contributed by atoms with Gasteiger partial charge in [-0.1, -0.05) is 30.0 Å². The number of hydrogen-bond acceptors (Lipinski definition) is 6. The first kappa shape index (κ1) is 19.2. The molecule has 2 aromatic carbocycles. The molecule has 5 aromatic rings. The van der Waals surface area contributed by atoms with Gasteiger partial charge in [-0.25, -0.2) is 14.7 Å². The van der Waals surface area contributed by atoms with Gasteiger partial charge in [0, 0.05) is 11.4 Å². The molecule has 1 fully saturated rings. The Hall–Kier alpha value is -4.53. The molecule has 0 radical (unpaired) electrons. The van der Waals surface area contributed by atoms with E-state index in [2.05, 4.69) is 43.1 Å². The van der Waals surface area contributed by atoms with Crippen LogP contribution in [0.25, 0.3) is 22.1 Å². The van der Waals surface area contributed by atoms with Gasteiger partial charge < -0.3 is 15.2 Å². The highest BCUT2D eigenvalue weighted by molar-refractivity contribution is 5.98. The van der Waals surface area contributed by atoms with Gasteiger partial charge in [0.05, 0.1) is 28.6 Å². The van der Waals surface area contributed by atoms with Gasteiger partial charge in [-0.2, -0.15) is 0 Å². The predicted octanol–water partition coefficient (Wildman–Crippen LogP) is 3.69. The Bertz CT molecular complexity index is 1530. The van der Waals surface area contributed by atoms with E-state index in [0.29, 0.717) is 6.67 Å². The summed E-state index contributed by atoms with van der Waals surface area (Å²) in [4.78, 5) is 19.3. The lowest BCUT2D eigenvalue weighted by atomic mass is 10.1. The van der Waals surface area contributed by atoms with Gasteiger partial charge in [0.15, 0.2) is 0 Å². The molecule has 33 heavy (non-hydrogen) atoms. The number of benzene rings is 2. The van der Waals surface area contributed by atoms with Crippen LogP contribution >= 0.6 is 0 Å². The first-order chi connectivity index (χ1) is 16.2. The molecule has 0 aliphatic carbocycles. The van der Waals surface area contributed by atoms with Crippen LogP contribution in [-0.2, 0) is 6.67 Å². The molecule has 162 valence electrons. The average molecular weight is 435 g/mol. The van der Waals surface area contributed by atoms with Crippen LogP contribution in [0, 0.1) is 6.92 Å². The van der Waals surface area contributed by atoms with Crippen molar-refractivity contribution < 1.29 is 0 Å². The second kappa shape index (κ2) is 7.56. The Kier molecular flexibility index (Phi) is 4.39. The number of rotatable bonds is 4. The third kappa shape index (κ3) is 3.30. The Balaban J connectivity index is 1.43. The van der Waals surface area contributed by atoms with Crippen molar-refractivity contribution in [2.45, 2.75) is 19.6 Å². The van der Waals surface area contributed by atoms with Crippen molar-refractivity contribution in [1.82, 2.24) is 35.3 Å². The number of aromatic amines is 1. The van der Waals surface area contributed by atoms with Crippen LogP contribution in [0.15, 0.2) is 84.4 Å². The standard InChI is InChI=1S/C24H21N9/c1-15-6-5-8-20(28-15)23-24(27-14-32-22-9-4-3-7-19(22)30-31-32)29-16(2)33(23)17-10-11-18-21(12-17)26-13-25-18/h3-13,23H,2,14H2,1H3,(H,25,26)(H,27,29). The van der Waals surface area contributed by atoms with E-state index in [4.69, 9.17) is 9.98 Å². The van der Waals surface area contributed by atoms with Gasteiger partial charge in [-0.05, 0) is 49.4 Å². The zero-order chi connectivity index (χ0) is 22.4. The number of pyridine rings is 1. The van der Waals surface area contributed by atoms with Gasteiger partial charge >= 0.3 is 0 Å². The number of hydrogen-bond donors (Lipinski definition) is 2. The lowest BCUT2D eigenvalue weighted by Crippen LogP contribution is -2.26. The maximum atomic E-state index is 4.89. The van der Waals surface area contributed by atoms with Crippen LogP contribution < -0.4 is 10.2 Å². The van der Waals surface area contributed by atoms with Gasteiger partial charge in [0.2, 0.25) is 0 Å². The van der Waals surface area contributed by atoms with E-state index in [1.54, 1.807) is 11.0 Å². The summed E-state index contributed by atoms with van der Waals surface area (Å²) in [5.41, 5.74) is 6.43. The number of nitrogens with zero attached hydrogens (tertiary/aromatic N) is 7. The monoisotopic (exact) mass is 435 g/mol. The van der Waals surface area contributed by atoms with Crippen molar-refractivity contribution in [3.63, 3.8) is 0 Å². The molecule has 9 heteroatoms. The number of aryl methyl sites for hydroxylation is 1. The number of aromatic nitrogens is 6. The summed E-state index contributed by atoms with van der Waals surface area (Å²) in [6.07, 6.45) is 1.69. The predicted molar refractivity (Wildman–Crippen MR) is 128 cm³/mol. The van der Waals surface area contributed by atoms with E-state index >= 15 is 0 Å². The maximum absolute atomic E-state index is 4.89. The molecule has 1 saturated heterocycles. The highest BCUT2D eigenvalue weighted by Gasteiger charge is 2.36. The smallest absolute Gasteiger partial charge is 0.135 e. The molecule has 4 heterocycles. The van der Waals surface area contributed by atoms with Gasteiger partial charge in [0.1, 0.15) is 29.9 Å². The topological polar surface area (TPSA) is 99.9 Å². The van der Waals surface area contributed by atoms with E-state index in [9.17, 15) is 0 Å². The molecule has 1 unspecified atom stereocenters. The Morgan fingerprint density at radius 2 is 1.97 bits per heavy atom. The third-order valence-corrected chi connectivity index (χ3v) is 5.75. The summed E-state index contributed by atoms with van der Waals surface area (Å²) < 4.78 is 1.78. The fraction of sp³-hybridized carbons (Fsp3) is 0.125. The molecule has 0 bridgehead atoms. The number of nitrogens with one attached hydrogen (secondary N) is 2. The summed E-state index contributed by atoms with van der Waals surface area (Å²) in [6, 6.07) is 19.7. The lowest BCUT2D eigenvalue weighted by Gasteiger charge is -2.25. The fourth-order valence-electron chi connectivity index (χ4n) is 4.21. The molecule has 3 aromatic heterocycles. The summed E-state index contributed by atoms with van der Waals surface area (Å²) in [5, 5.41) is 11.9. The normalized spacial score (nSPS) is 17.4.